The number of rotatable bonds is 5. The molecule has 0 saturated heterocycles. The molecule has 0 atom stereocenters. The highest BCUT2D eigenvalue weighted by Gasteiger charge is 2.32. The average Bonchev–Trinajstić information content (AvgIpc) is 3.27. The van der Waals surface area contributed by atoms with Crippen molar-refractivity contribution in [3.63, 3.8) is 0 Å². The van der Waals surface area contributed by atoms with Gasteiger partial charge in [0.2, 0.25) is 5.88 Å². The van der Waals surface area contributed by atoms with Gasteiger partial charge in [-0.3, -0.25) is 0 Å². The molecule has 5 aromatic rings. The number of carbonyl (C=O) groups is 2. The van der Waals surface area contributed by atoms with E-state index < -0.39 is 34.5 Å². The second kappa shape index (κ2) is 24.6. The van der Waals surface area contributed by atoms with Crippen LogP contribution in [0.2, 0.25) is 0 Å². The Bertz CT molecular complexity index is 2450. The number of hydrogen-bond acceptors (Lipinski definition) is 13. The van der Waals surface area contributed by atoms with E-state index in [0.717, 1.165) is 40.3 Å². The van der Waals surface area contributed by atoms with E-state index in [1.54, 1.807) is 69.0 Å². The standard InChI is InChI=1S/C20H25N3O5S.C19H23N3O2.C6H7BO2.2C2H6/c1-13-6-8-15(9-7-13)29(25,26)28-18-16-12-23(19(24)27-20(3,4)5)11-10-17(16)21-14(2)22-18;1-13-20-16-10-11-22(18(23)24-19(2,3)4)12-15(16)17(21-13)14-8-6-5-7-9-14;8-7(9)6-4-2-1-3-5-6;2*1-2/h6-9H,10-12H2,1-5H3;5-9H,10-12H2,1-4H3;1-5,8-9H;2*1-2H3. The molecule has 0 unspecified atom stereocenters. The lowest BCUT2D eigenvalue weighted by Gasteiger charge is -2.31. The molecule has 4 heterocycles. The molecule has 2 N–H and O–H groups in total. The smallest absolute Gasteiger partial charge is 0.444 e. The molecule has 0 spiro atoms. The molecule has 356 valence electrons. The predicted molar refractivity (Wildman–Crippen MR) is 258 cm³/mol. The molecule has 0 radical (unpaired) electrons. The lowest BCUT2D eigenvalue weighted by molar-refractivity contribution is 0.0212. The molecule has 0 saturated carbocycles. The zero-order valence-electron chi connectivity index (χ0n) is 40.7. The van der Waals surface area contributed by atoms with Gasteiger partial charge in [-0.05, 0) is 79.9 Å². The Balaban J connectivity index is 0.000000280. The fourth-order valence-corrected chi connectivity index (χ4v) is 7.30. The maximum atomic E-state index is 12.7. The van der Waals surface area contributed by atoms with Gasteiger partial charge < -0.3 is 33.5 Å². The molecule has 2 amide bonds. The maximum absolute atomic E-state index is 12.7. The van der Waals surface area contributed by atoms with Crippen LogP contribution in [0.25, 0.3) is 11.3 Å². The van der Waals surface area contributed by atoms with E-state index in [0.29, 0.717) is 48.6 Å². The number of nitrogens with zero attached hydrogens (tertiary/aromatic N) is 6. The predicted octanol–water partition coefficient (Wildman–Crippen LogP) is 8.32. The molecule has 0 fully saturated rings. The second-order valence-corrected chi connectivity index (χ2v) is 18.4. The van der Waals surface area contributed by atoms with Crippen LogP contribution in [-0.2, 0) is 45.5 Å². The molecule has 2 aliphatic heterocycles. The van der Waals surface area contributed by atoms with Gasteiger partial charge in [-0.1, -0.05) is 106 Å². The highest BCUT2D eigenvalue weighted by atomic mass is 32.2. The quantitative estimate of drug-likeness (QED) is 0.126. The van der Waals surface area contributed by atoms with Crippen LogP contribution in [-0.4, -0.2) is 91.8 Å². The second-order valence-electron chi connectivity index (χ2n) is 16.9. The molecular formula is C49H67BN6O9S. The van der Waals surface area contributed by atoms with Crippen LogP contribution < -0.4 is 9.65 Å². The third kappa shape index (κ3) is 16.5. The molecule has 3 aromatic carbocycles. The molecule has 0 aliphatic carbocycles. The highest BCUT2D eigenvalue weighted by Crippen LogP contribution is 2.31. The average molecular weight is 927 g/mol. The summed E-state index contributed by atoms with van der Waals surface area (Å²) in [5, 5.41) is 17.2. The Kier molecular flexibility index (Phi) is 20.3. The van der Waals surface area contributed by atoms with Crippen molar-refractivity contribution in [3.05, 3.63) is 125 Å². The van der Waals surface area contributed by atoms with E-state index in [4.69, 9.17) is 23.7 Å². The van der Waals surface area contributed by atoms with Crippen LogP contribution in [0.5, 0.6) is 5.88 Å². The molecule has 0 bridgehead atoms. The number of aromatic nitrogens is 4. The molecule has 2 aromatic heterocycles. The van der Waals surface area contributed by atoms with Gasteiger partial charge in [-0.25, -0.2) is 24.5 Å². The fourth-order valence-electron chi connectivity index (χ4n) is 6.39. The summed E-state index contributed by atoms with van der Waals surface area (Å²) in [6, 6.07) is 25.1. The molecule has 66 heavy (non-hydrogen) atoms. The van der Waals surface area contributed by atoms with Crippen LogP contribution in [0.1, 0.15) is 109 Å². The number of aryl methyl sites for hydroxylation is 3. The zero-order valence-corrected chi connectivity index (χ0v) is 41.6. The number of benzene rings is 3. The highest BCUT2D eigenvalue weighted by molar-refractivity contribution is 7.87. The van der Waals surface area contributed by atoms with Gasteiger partial charge in [0, 0.05) is 37.1 Å². The topological polar surface area (TPSA) is 194 Å². The first-order valence-corrected chi connectivity index (χ1v) is 23.7. The third-order valence-electron chi connectivity index (χ3n) is 9.25. The van der Waals surface area contributed by atoms with Crippen molar-refractivity contribution in [2.24, 2.45) is 0 Å². The lowest BCUT2D eigenvalue weighted by Crippen LogP contribution is -2.40. The van der Waals surface area contributed by atoms with Crippen molar-refractivity contribution in [1.29, 1.82) is 0 Å². The third-order valence-corrected chi connectivity index (χ3v) is 10.5. The summed E-state index contributed by atoms with van der Waals surface area (Å²) in [4.78, 5) is 45.9. The van der Waals surface area contributed by atoms with Crippen molar-refractivity contribution in [2.45, 2.75) is 132 Å². The summed E-state index contributed by atoms with van der Waals surface area (Å²) in [5.41, 5.74) is 5.49. The number of carbonyl (C=O) groups excluding carboxylic acids is 2. The Morgan fingerprint density at radius 2 is 1.06 bits per heavy atom. The number of hydrogen-bond donors (Lipinski definition) is 2. The number of ether oxygens (including phenoxy) is 2. The van der Waals surface area contributed by atoms with Crippen LogP contribution in [0.15, 0.2) is 89.8 Å². The normalized spacial score (nSPS) is 12.9. The molecular weight excluding hydrogens is 859 g/mol. The Labute approximate surface area is 391 Å². The van der Waals surface area contributed by atoms with Gasteiger partial charge in [-0.2, -0.15) is 13.4 Å². The Morgan fingerprint density at radius 3 is 1.52 bits per heavy atom. The van der Waals surface area contributed by atoms with Crippen LogP contribution in [0, 0.1) is 20.8 Å². The zero-order chi connectivity index (χ0) is 49.4. The minimum atomic E-state index is -4.07. The Morgan fingerprint density at radius 1 is 0.621 bits per heavy atom. The van der Waals surface area contributed by atoms with Crippen molar-refractivity contribution in [3.8, 4) is 17.1 Å². The van der Waals surface area contributed by atoms with Crippen molar-refractivity contribution < 1.29 is 41.7 Å². The van der Waals surface area contributed by atoms with E-state index in [9.17, 15) is 18.0 Å². The summed E-state index contributed by atoms with van der Waals surface area (Å²) in [5.74, 6) is 1.11. The molecule has 7 rings (SSSR count). The van der Waals surface area contributed by atoms with Gasteiger partial charge in [0.15, 0.2) is 0 Å². The Hall–Kier alpha value is -5.91. The summed E-state index contributed by atoms with van der Waals surface area (Å²) >= 11 is 0. The molecule has 15 nitrogen and oxygen atoms in total. The van der Waals surface area contributed by atoms with E-state index in [-0.39, 0.29) is 23.4 Å². The van der Waals surface area contributed by atoms with Crippen LogP contribution in [0.3, 0.4) is 0 Å². The molecule has 2 aliphatic rings. The van der Waals surface area contributed by atoms with Gasteiger partial charge in [0.25, 0.3) is 0 Å². The van der Waals surface area contributed by atoms with Crippen molar-refractivity contribution in [2.75, 3.05) is 13.1 Å². The van der Waals surface area contributed by atoms with Gasteiger partial charge in [0.05, 0.1) is 35.7 Å². The van der Waals surface area contributed by atoms with E-state index in [1.165, 1.54) is 17.0 Å². The lowest BCUT2D eigenvalue weighted by atomic mass is 9.81. The van der Waals surface area contributed by atoms with Crippen molar-refractivity contribution in [1.82, 2.24) is 29.7 Å². The minimum absolute atomic E-state index is 0.0351. The first-order chi connectivity index (χ1) is 31.1. The van der Waals surface area contributed by atoms with E-state index in [2.05, 4.69) is 19.9 Å². The van der Waals surface area contributed by atoms with E-state index in [1.807, 2.05) is 98.7 Å². The van der Waals surface area contributed by atoms with Gasteiger partial charge >= 0.3 is 29.4 Å². The first-order valence-electron chi connectivity index (χ1n) is 22.2. The van der Waals surface area contributed by atoms with Gasteiger partial charge in [0.1, 0.15) is 27.7 Å². The minimum Gasteiger partial charge on any atom is -0.444 e. The maximum Gasteiger partial charge on any atom is 0.488 e. The van der Waals surface area contributed by atoms with Gasteiger partial charge in [-0.15, -0.1) is 0 Å². The summed E-state index contributed by atoms with van der Waals surface area (Å²) in [6.45, 7) is 26.1. The summed E-state index contributed by atoms with van der Waals surface area (Å²) in [7, 11) is -5.41. The van der Waals surface area contributed by atoms with Crippen molar-refractivity contribution >= 4 is 34.9 Å². The van der Waals surface area contributed by atoms with Crippen LogP contribution >= 0.6 is 0 Å². The fraction of sp³-hybridized carbons (Fsp3) is 0.429. The summed E-state index contributed by atoms with van der Waals surface area (Å²) < 4.78 is 41.8. The number of fused-ring (bicyclic) bond motifs is 2. The largest absolute Gasteiger partial charge is 0.488 e. The first kappa shape index (κ1) is 54.4. The SMILES string of the molecule is CC.CC.Cc1ccc(S(=O)(=O)Oc2nc(C)nc3c2CN(C(=O)OC(C)(C)C)CC3)cc1.Cc1nc2c(c(-c3ccccc3)n1)CN(C(=O)OC(C)(C)C)CC2.OB(O)c1ccccc1. The summed E-state index contributed by atoms with van der Waals surface area (Å²) in [6.07, 6.45) is 0.417. The molecule has 17 heteroatoms. The number of amides is 2. The van der Waals surface area contributed by atoms with Crippen LogP contribution in [0.4, 0.5) is 9.59 Å². The monoisotopic (exact) mass is 926 g/mol. The van der Waals surface area contributed by atoms with E-state index >= 15 is 0 Å².